The third-order valence-electron chi connectivity index (χ3n) is 6.13. The Morgan fingerprint density at radius 2 is 2.16 bits per heavy atom. The van der Waals surface area contributed by atoms with Crippen molar-refractivity contribution >= 4 is 35.2 Å². The van der Waals surface area contributed by atoms with Gasteiger partial charge in [0.25, 0.3) is 5.91 Å². The number of hydrogen-bond acceptors (Lipinski definition) is 7. The number of nitrogens with zero attached hydrogens (tertiary/aromatic N) is 2. The minimum Gasteiger partial charge on any atom is -0.480 e. The van der Waals surface area contributed by atoms with Crippen LogP contribution < -0.4 is 26.0 Å². The van der Waals surface area contributed by atoms with Gasteiger partial charge in [0.1, 0.15) is 11.9 Å². The second-order valence-electron chi connectivity index (χ2n) is 8.26. The van der Waals surface area contributed by atoms with Crippen LogP contribution in [0.4, 0.5) is 16.4 Å². The number of carbonyl (C=O) groups excluding carboxylic acids is 2. The lowest BCUT2D eigenvalue weighted by atomic mass is 10.0. The second-order valence-corrected chi connectivity index (χ2v) is 8.67. The van der Waals surface area contributed by atoms with E-state index in [1.165, 1.54) is 10.5 Å². The van der Waals surface area contributed by atoms with Crippen molar-refractivity contribution in [1.29, 1.82) is 0 Å². The number of hydrogen-bond donors (Lipinski definition) is 3. The van der Waals surface area contributed by atoms with E-state index < -0.39 is 6.09 Å². The number of nitrogens with one attached hydrogen (secondary N) is 2. The number of ether oxygens (including phenoxy) is 2. The zero-order chi connectivity index (χ0) is 22.2. The lowest BCUT2D eigenvalue weighted by Gasteiger charge is -2.19. The molecule has 3 atom stereocenters. The number of rotatable bonds is 6. The molecule has 3 aliphatic rings. The van der Waals surface area contributed by atoms with Crippen LogP contribution in [0, 0.1) is 5.92 Å². The SMILES string of the molecule is NC1c2c(Cl)cccc2CC1CNCCC1CN(c2ccc3c(n2)NC(=O)CO3)C(=O)O1. The Hall–Kier alpha value is -2.88. The highest BCUT2D eigenvalue weighted by Gasteiger charge is 2.34. The molecule has 0 saturated carbocycles. The lowest BCUT2D eigenvalue weighted by Crippen LogP contribution is -2.32. The standard InChI is InChI=1S/C22H24ClN5O4/c23-15-3-1-2-12-8-13(20(24)19(12)15)9-25-7-6-14-10-28(22(30)32-14)17-5-4-16-21(26-17)27-18(29)11-31-16/h1-5,13-14,20,25H,6-11,24H2,(H,26,27,29). The van der Waals surface area contributed by atoms with E-state index in [0.717, 1.165) is 23.6 Å². The summed E-state index contributed by atoms with van der Waals surface area (Å²) in [4.78, 5) is 29.7. The van der Waals surface area contributed by atoms with Crippen molar-refractivity contribution in [1.82, 2.24) is 10.3 Å². The summed E-state index contributed by atoms with van der Waals surface area (Å²) in [5.74, 6) is 1.22. The molecule has 2 amide bonds. The molecule has 5 rings (SSSR count). The van der Waals surface area contributed by atoms with Gasteiger partial charge in [-0.05, 0) is 54.6 Å². The number of nitrogens with two attached hydrogens (primary N) is 1. The molecule has 1 fully saturated rings. The van der Waals surface area contributed by atoms with Crippen LogP contribution in [-0.4, -0.2) is 49.3 Å². The van der Waals surface area contributed by atoms with Crippen molar-refractivity contribution in [2.45, 2.75) is 25.0 Å². The number of pyridine rings is 1. The van der Waals surface area contributed by atoms with Crippen LogP contribution in [0.15, 0.2) is 30.3 Å². The van der Waals surface area contributed by atoms with E-state index in [2.05, 4.69) is 21.7 Å². The van der Waals surface area contributed by atoms with E-state index in [1.807, 2.05) is 12.1 Å². The minimum absolute atomic E-state index is 0.0419. The first-order valence-corrected chi connectivity index (χ1v) is 11.0. The van der Waals surface area contributed by atoms with Crippen molar-refractivity contribution in [2.75, 3.05) is 36.5 Å². The smallest absolute Gasteiger partial charge is 0.415 e. The Morgan fingerprint density at radius 3 is 3.00 bits per heavy atom. The summed E-state index contributed by atoms with van der Waals surface area (Å²) >= 11 is 6.32. The zero-order valence-corrected chi connectivity index (χ0v) is 18.1. The summed E-state index contributed by atoms with van der Waals surface area (Å²) in [6.07, 6.45) is 0.874. The monoisotopic (exact) mass is 457 g/mol. The van der Waals surface area contributed by atoms with Crippen molar-refractivity contribution < 1.29 is 19.1 Å². The topological polar surface area (TPSA) is 119 Å². The number of carbonyl (C=O) groups is 2. The fourth-order valence-electron chi connectivity index (χ4n) is 4.49. The molecule has 9 nitrogen and oxygen atoms in total. The molecule has 2 aromatic rings. The molecule has 0 bridgehead atoms. The van der Waals surface area contributed by atoms with Crippen LogP contribution in [0.5, 0.6) is 5.75 Å². The van der Waals surface area contributed by atoms with Crippen LogP contribution in [0.25, 0.3) is 0 Å². The number of aromatic nitrogens is 1. The molecule has 1 aromatic heterocycles. The molecule has 3 heterocycles. The second kappa shape index (κ2) is 8.57. The van der Waals surface area contributed by atoms with Gasteiger partial charge in [-0.3, -0.25) is 9.69 Å². The minimum atomic E-state index is -0.451. The van der Waals surface area contributed by atoms with E-state index in [4.69, 9.17) is 26.8 Å². The Labute approximate surface area is 190 Å². The fraction of sp³-hybridized carbons (Fsp3) is 0.409. The van der Waals surface area contributed by atoms with E-state index in [0.29, 0.717) is 36.9 Å². The number of fused-ring (bicyclic) bond motifs is 2. The maximum Gasteiger partial charge on any atom is 0.415 e. The van der Waals surface area contributed by atoms with Gasteiger partial charge in [-0.25, -0.2) is 9.78 Å². The summed E-state index contributed by atoms with van der Waals surface area (Å²) in [6.45, 7) is 1.81. The van der Waals surface area contributed by atoms with Crippen molar-refractivity contribution in [3.8, 4) is 5.75 Å². The molecule has 2 aliphatic heterocycles. The average molecular weight is 458 g/mol. The molecule has 1 aromatic carbocycles. The number of amides is 2. The first-order valence-electron chi connectivity index (χ1n) is 10.6. The highest BCUT2D eigenvalue weighted by atomic mass is 35.5. The molecule has 0 spiro atoms. The highest BCUT2D eigenvalue weighted by Crippen LogP contribution is 2.38. The lowest BCUT2D eigenvalue weighted by molar-refractivity contribution is -0.118. The molecular formula is C22H24ClN5O4. The van der Waals surface area contributed by atoms with E-state index in [9.17, 15) is 9.59 Å². The van der Waals surface area contributed by atoms with Crippen molar-refractivity contribution in [3.63, 3.8) is 0 Å². The van der Waals surface area contributed by atoms with Crippen molar-refractivity contribution in [2.24, 2.45) is 11.7 Å². The Morgan fingerprint density at radius 1 is 1.28 bits per heavy atom. The number of halogens is 1. The molecule has 3 unspecified atom stereocenters. The molecule has 168 valence electrons. The van der Waals surface area contributed by atoms with Crippen LogP contribution in [0.1, 0.15) is 23.6 Å². The van der Waals surface area contributed by atoms with Gasteiger partial charge >= 0.3 is 6.09 Å². The highest BCUT2D eigenvalue weighted by molar-refractivity contribution is 6.31. The van der Waals surface area contributed by atoms with E-state index in [1.54, 1.807) is 12.1 Å². The maximum atomic E-state index is 12.4. The average Bonchev–Trinajstić information content (AvgIpc) is 3.31. The maximum absolute atomic E-state index is 12.4. The van der Waals surface area contributed by atoms with Crippen molar-refractivity contribution in [3.05, 3.63) is 46.5 Å². The molecule has 1 saturated heterocycles. The van der Waals surface area contributed by atoms with Gasteiger partial charge < -0.3 is 25.8 Å². The largest absolute Gasteiger partial charge is 0.480 e. The molecule has 10 heteroatoms. The van der Waals surface area contributed by atoms with Gasteiger partial charge in [0, 0.05) is 17.6 Å². The van der Waals surface area contributed by atoms with Crippen LogP contribution in [-0.2, 0) is 16.0 Å². The third kappa shape index (κ3) is 3.99. The van der Waals surface area contributed by atoms with Crippen LogP contribution in [0.3, 0.4) is 0 Å². The van der Waals surface area contributed by atoms with Gasteiger partial charge in [-0.15, -0.1) is 0 Å². The Kier molecular flexibility index (Phi) is 5.62. The van der Waals surface area contributed by atoms with E-state index in [-0.39, 0.29) is 30.6 Å². The molecular weight excluding hydrogens is 434 g/mol. The zero-order valence-electron chi connectivity index (χ0n) is 17.3. The first kappa shape index (κ1) is 21.0. The van der Waals surface area contributed by atoms with Gasteiger partial charge in [-0.1, -0.05) is 23.7 Å². The predicted molar refractivity (Wildman–Crippen MR) is 119 cm³/mol. The Bertz CT molecular complexity index is 1060. The van der Waals surface area contributed by atoms with Gasteiger partial charge in [0.05, 0.1) is 6.54 Å². The summed E-state index contributed by atoms with van der Waals surface area (Å²) in [5.41, 5.74) is 8.69. The van der Waals surface area contributed by atoms with E-state index >= 15 is 0 Å². The predicted octanol–water partition coefficient (Wildman–Crippen LogP) is 2.24. The quantitative estimate of drug-likeness (QED) is 0.569. The van der Waals surface area contributed by atoms with Gasteiger partial charge in [-0.2, -0.15) is 0 Å². The Balaban J connectivity index is 1.12. The fourth-order valence-corrected chi connectivity index (χ4v) is 4.81. The first-order chi connectivity index (χ1) is 15.5. The molecule has 32 heavy (non-hydrogen) atoms. The molecule has 0 radical (unpaired) electrons. The molecule has 4 N–H and O–H groups in total. The summed E-state index contributed by atoms with van der Waals surface area (Å²) in [7, 11) is 0. The van der Waals surface area contributed by atoms with Crippen LogP contribution >= 0.6 is 11.6 Å². The normalized spacial score (nSPS) is 23.9. The number of anilines is 2. The third-order valence-corrected chi connectivity index (χ3v) is 6.46. The summed E-state index contributed by atoms with van der Waals surface area (Å²) in [5, 5.41) is 6.82. The summed E-state index contributed by atoms with van der Waals surface area (Å²) < 4.78 is 10.8. The summed E-state index contributed by atoms with van der Waals surface area (Å²) in [6, 6.07) is 9.22. The van der Waals surface area contributed by atoms with Crippen LogP contribution in [0.2, 0.25) is 5.02 Å². The number of benzene rings is 1. The van der Waals surface area contributed by atoms with Gasteiger partial charge in [0.2, 0.25) is 0 Å². The number of cyclic esters (lactones) is 1. The van der Waals surface area contributed by atoms with Gasteiger partial charge in [0.15, 0.2) is 18.2 Å². The molecule has 1 aliphatic carbocycles.